The van der Waals surface area contributed by atoms with Gasteiger partial charge in [0.2, 0.25) is 0 Å². The molecular weight excluding hydrogens is 368 g/mol. The van der Waals surface area contributed by atoms with Gasteiger partial charge in [0.1, 0.15) is 18.5 Å². The predicted octanol–water partition coefficient (Wildman–Crippen LogP) is 2.29. The molecule has 0 spiro atoms. The summed E-state index contributed by atoms with van der Waals surface area (Å²) in [7, 11) is 5.71. The number of aliphatic hydroxyl groups excluding tert-OH is 1. The van der Waals surface area contributed by atoms with E-state index >= 15 is 0 Å². The van der Waals surface area contributed by atoms with Crippen LogP contribution in [0.1, 0.15) is 30.7 Å². The lowest BCUT2D eigenvalue weighted by Crippen LogP contribution is -2.38. The zero-order valence-electron chi connectivity index (χ0n) is 17.9. The first-order chi connectivity index (χ1) is 14.0. The van der Waals surface area contributed by atoms with Crippen molar-refractivity contribution >= 4 is 0 Å². The Morgan fingerprint density at radius 1 is 1.17 bits per heavy atom. The average Bonchev–Trinajstić information content (AvgIpc) is 3.11. The standard InChI is InChI=1S/C22H34N4O3/c1-24(16-22-23-9-12-25(22)2)14-18-7-8-20(28-3)21(13-18)29-17-19(27)15-26-10-5-4-6-11-26/h7-9,12-13,19,27H,4-6,10-11,14-17H2,1-3H3. The molecule has 0 aliphatic carbocycles. The van der Waals surface area contributed by atoms with Gasteiger partial charge < -0.3 is 24.0 Å². The van der Waals surface area contributed by atoms with Crippen molar-refractivity contribution in [3.05, 3.63) is 42.0 Å². The number of aliphatic hydroxyl groups is 1. The number of benzene rings is 1. The number of ether oxygens (including phenoxy) is 2. The molecule has 1 N–H and O–H groups in total. The zero-order valence-corrected chi connectivity index (χ0v) is 17.9. The Labute approximate surface area is 173 Å². The summed E-state index contributed by atoms with van der Waals surface area (Å²) in [4.78, 5) is 8.91. The van der Waals surface area contributed by atoms with Crippen LogP contribution in [0, 0.1) is 0 Å². The van der Waals surface area contributed by atoms with Crippen LogP contribution in [-0.2, 0) is 20.1 Å². The topological polar surface area (TPSA) is 63.0 Å². The van der Waals surface area contributed by atoms with Crippen molar-refractivity contribution in [2.45, 2.75) is 38.5 Å². The van der Waals surface area contributed by atoms with E-state index in [1.807, 2.05) is 42.2 Å². The van der Waals surface area contributed by atoms with Gasteiger partial charge in [-0.2, -0.15) is 0 Å². The zero-order chi connectivity index (χ0) is 20.6. The van der Waals surface area contributed by atoms with Crippen molar-refractivity contribution in [1.29, 1.82) is 0 Å². The Hall–Kier alpha value is -2.09. The van der Waals surface area contributed by atoms with Crippen molar-refractivity contribution in [2.24, 2.45) is 7.05 Å². The van der Waals surface area contributed by atoms with Crippen LogP contribution in [0.4, 0.5) is 0 Å². The first-order valence-corrected chi connectivity index (χ1v) is 10.4. The van der Waals surface area contributed by atoms with Crippen molar-refractivity contribution in [1.82, 2.24) is 19.4 Å². The summed E-state index contributed by atoms with van der Waals surface area (Å²) in [5.74, 6) is 2.39. The summed E-state index contributed by atoms with van der Waals surface area (Å²) in [5.41, 5.74) is 1.13. The van der Waals surface area contributed by atoms with Crippen molar-refractivity contribution in [3.63, 3.8) is 0 Å². The maximum Gasteiger partial charge on any atom is 0.161 e. The van der Waals surface area contributed by atoms with E-state index in [-0.39, 0.29) is 6.61 Å². The van der Waals surface area contributed by atoms with Crippen LogP contribution in [0.5, 0.6) is 11.5 Å². The van der Waals surface area contributed by atoms with Crippen LogP contribution in [0.15, 0.2) is 30.6 Å². The van der Waals surface area contributed by atoms with Crippen LogP contribution < -0.4 is 9.47 Å². The van der Waals surface area contributed by atoms with Crippen LogP contribution in [0.2, 0.25) is 0 Å². The Bertz CT molecular complexity index is 758. The summed E-state index contributed by atoms with van der Waals surface area (Å²) in [6.45, 7) is 4.59. The van der Waals surface area contributed by atoms with Gasteiger partial charge >= 0.3 is 0 Å². The smallest absolute Gasteiger partial charge is 0.161 e. The third kappa shape index (κ3) is 6.45. The maximum atomic E-state index is 10.4. The van der Waals surface area contributed by atoms with Gasteiger partial charge in [-0.25, -0.2) is 4.98 Å². The molecule has 0 bridgehead atoms. The van der Waals surface area contributed by atoms with E-state index in [0.717, 1.165) is 37.6 Å². The molecule has 1 atom stereocenters. The SMILES string of the molecule is COc1ccc(CN(C)Cc2nccn2C)cc1OCC(O)CN1CCCCC1. The number of hydrogen-bond donors (Lipinski definition) is 1. The highest BCUT2D eigenvalue weighted by Gasteiger charge is 2.16. The molecule has 29 heavy (non-hydrogen) atoms. The number of aromatic nitrogens is 2. The fraction of sp³-hybridized carbons (Fsp3) is 0.591. The van der Waals surface area contributed by atoms with E-state index in [0.29, 0.717) is 18.0 Å². The molecule has 1 aliphatic heterocycles. The van der Waals surface area contributed by atoms with Gasteiger partial charge in [-0.15, -0.1) is 0 Å². The van der Waals surface area contributed by atoms with Gasteiger partial charge in [0.15, 0.2) is 11.5 Å². The lowest BCUT2D eigenvalue weighted by molar-refractivity contribution is 0.0608. The van der Waals surface area contributed by atoms with Gasteiger partial charge in [-0.1, -0.05) is 12.5 Å². The highest BCUT2D eigenvalue weighted by molar-refractivity contribution is 5.43. The molecule has 1 aromatic carbocycles. The summed E-state index contributed by atoms with van der Waals surface area (Å²) in [6, 6.07) is 5.97. The number of imidazole rings is 1. The number of nitrogens with zero attached hydrogens (tertiary/aromatic N) is 4. The largest absolute Gasteiger partial charge is 0.493 e. The molecule has 7 heteroatoms. The number of methoxy groups -OCH3 is 1. The van der Waals surface area contributed by atoms with E-state index in [1.54, 1.807) is 7.11 Å². The number of β-amino-alcohol motifs (C(OH)–C–C–N with tert-alkyl or cyclic N) is 1. The van der Waals surface area contributed by atoms with Crippen molar-refractivity contribution in [3.8, 4) is 11.5 Å². The second-order valence-corrected chi connectivity index (χ2v) is 7.94. The third-order valence-corrected chi connectivity index (χ3v) is 5.36. The maximum absolute atomic E-state index is 10.4. The molecule has 3 rings (SSSR count). The predicted molar refractivity (Wildman–Crippen MR) is 113 cm³/mol. The molecule has 1 unspecified atom stereocenters. The van der Waals surface area contributed by atoms with E-state index in [1.165, 1.54) is 19.3 Å². The average molecular weight is 403 g/mol. The van der Waals surface area contributed by atoms with Crippen LogP contribution in [0.25, 0.3) is 0 Å². The van der Waals surface area contributed by atoms with E-state index in [4.69, 9.17) is 9.47 Å². The molecular formula is C22H34N4O3. The minimum atomic E-state index is -0.507. The first-order valence-electron chi connectivity index (χ1n) is 10.4. The highest BCUT2D eigenvalue weighted by atomic mass is 16.5. The molecule has 1 aromatic heterocycles. The van der Waals surface area contributed by atoms with Crippen LogP contribution in [0.3, 0.4) is 0 Å². The molecule has 1 saturated heterocycles. The number of likely N-dealkylation sites (tertiary alicyclic amines) is 1. The first kappa shape index (κ1) is 21.6. The summed E-state index contributed by atoms with van der Waals surface area (Å²) in [5, 5.41) is 10.4. The van der Waals surface area contributed by atoms with E-state index in [2.05, 4.69) is 21.8 Å². The quantitative estimate of drug-likeness (QED) is 0.658. The fourth-order valence-corrected chi connectivity index (χ4v) is 3.77. The van der Waals surface area contributed by atoms with E-state index in [9.17, 15) is 5.11 Å². The Morgan fingerprint density at radius 3 is 2.66 bits per heavy atom. The number of piperidine rings is 1. The number of aryl methyl sites for hydroxylation is 1. The second-order valence-electron chi connectivity index (χ2n) is 7.94. The minimum Gasteiger partial charge on any atom is -0.493 e. The molecule has 2 aromatic rings. The molecule has 0 saturated carbocycles. The Morgan fingerprint density at radius 2 is 1.97 bits per heavy atom. The number of hydrogen-bond acceptors (Lipinski definition) is 6. The van der Waals surface area contributed by atoms with Gasteiger partial charge in [-0.3, -0.25) is 4.90 Å². The summed E-state index contributed by atoms with van der Waals surface area (Å²) >= 11 is 0. The second kappa shape index (κ2) is 10.6. The fourth-order valence-electron chi connectivity index (χ4n) is 3.77. The molecule has 0 amide bonds. The Kier molecular flexibility index (Phi) is 7.91. The summed E-state index contributed by atoms with van der Waals surface area (Å²) < 4.78 is 13.4. The molecule has 1 fully saturated rings. The van der Waals surface area contributed by atoms with Crippen LogP contribution >= 0.6 is 0 Å². The highest BCUT2D eigenvalue weighted by Crippen LogP contribution is 2.29. The minimum absolute atomic E-state index is 0.263. The molecule has 1 aliphatic rings. The summed E-state index contributed by atoms with van der Waals surface area (Å²) in [6.07, 6.45) is 6.99. The lowest BCUT2D eigenvalue weighted by Gasteiger charge is -2.28. The van der Waals surface area contributed by atoms with E-state index < -0.39 is 6.10 Å². The third-order valence-electron chi connectivity index (χ3n) is 5.36. The van der Waals surface area contributed by atoms with Crippen molar-refractivity contribution < 1.29 is 14.6 Å². The van der Waals surface area contributed by atoms with Gasteiger partial charge in [0, 0.05) is 32.5 Å². The molecule has 2 heterocycles. The van der Waals surface area contributed by atoms with Gasteiger partial charge in [-0.05, 0) is 50.7 Å². The van der Waals surface area contributed by atoms with Crippen LogP contribution in [-0.4, -0.2) is 71.0 Å². The Balaban J connectivity index is 1.55. The molecule has 0 radical (unpaired) electrons. The normalized spacial score (nSPS) is 16.2. The lowest BCUT2D eigenvalue weighted by atomic mass is 10.1. The molecule has 7 nitrogen and oxygen atoms in total. The molecule has 160 valence electrons. The van der Waals surface area contributed by atoms with Gasteiger partial charge in [0.25, 0.3) is 0 Å². The monoisotopic (exact) mass is 402 g/mol. The number of rotatable bonds is 10. The van der Waals surface area contributed by atoms with Gasteiger partial charge in [0.05, 0.1) is 13.7 Å². The van der Waals surface area contributed by atoms with Crippen molar-refractivity contribution in [2.75, 3.05) is 40.4 Å².